The molecule has 1 aliphatic rings. The molecule has 0 aliphatic heterocycles. The third-order valence-corrected chi connectivity index (χ3v) is 5.87. The van der Waals surface area contributed by atoms with Crippen molar-refractivity contribution in [3.8, 4) is 0 Å². The smallest absolute Gasteiger partial charge is 0.306 e. The normalized spacial score (nSPS) is 20.9. The standard InChI is InChI=1S/C24H36O3/c1-4-6-7-13-23(25)27-18(3)24(26)22-12-9-8-11-21(22)20-16-14-19(10-5-2)15-17-20/h8-9,11-12,18-20H,4-7,10,13-17H2,1-3H3. The van der Waals surface area contributed by atoms with Crippen LogP contribution in [0.15, 0.2) is 24.3 Å². The Morgan fingerprint density at radius 2 is 1.74 bits per heavy atom. The number of esters is 1. The lowest BCUT2D eigenvalue weighted by atomic mass is 9.75. The van der Waals surface area contributed by atoms with Crippen LogP contribution in [-0.4, -0.2) is 17.9 Å². The number of ketones is 1. The van der Waals surface area contributed by atoms with Gasteiger partial charge in [-0.05, 0) is 56.4 Å². The molecule has 0 N–H and O–H groups in total. The van der Waals surface area contributed by atoms with Crippen molar-refractivity contribution in [3.05, 3.63) is 35.4 Å². The number of ether oxygens (including phenoxy) is 1. The third-order valence-electron chi connectivity index (χ3n) is 5.87. The number of benzene rings is 1. The molecule has 150 valence electrons. The predicted molar refractivity (Wildman–Crippen MR) is 110 cm³/mol. The number of carbonyl (C=O) groups excluding carboxylic acids is 2. The summed E-state index contributed by atoms with van der Waals surface area (Å²) in [5.41, 5.74) is 1.89. The molecule has 2 rings (SSSR count). The summed E-state index contributed by atoms with van der Waals surface area (Å²) >= 11 is 0. The number of Topliss-reactive ketones (excluding diaryl/α,β-unsaturated/α-hetero) is 1. The first-order valence-corrected chi connectivity index (χ1v) is 10.9. The fraction of sp³-hybridized carbons (Fsp3) is 0.667. The van der Waals surface area contributed by atoms with Gasteiger partial charge in [0.15, 0.2) is 6.10 Å². The van der Waals surface area contributed by atoms with Gasteiger partial charge in [-0.2, -0.15) is 0 Å². The van der Waals surface area contributed by atoms with E-state index in [0.29, 0.717) is 12.3 Å². The maximum atomic E-state index is 13.0. The van der Waals surface area contributed by atoms with Crippen LogP contribution in [0.4, 0.5) is 0 Å². The van der Waals surface area contributed by atoms with Gasteiger partial charge in [-0.3, -0.25) is 9.59 Å². The largest absolute Gasteiger partial charge is 0.454 e. The molecule has 1 aromatic rings. The van der Waals surface area contributed by atoms with E-state index < -0.39 is 6.10 Å². The van der Waals surface area contributed by atoms with E-state index in [1.54, 1.807) is 6.92 Å². The monoisotopic (exact) mass is 372 g/mol. The molecule has 1 aliphatic carbocycles. The van der Waals surface area contributed by atoms with Crippen molar-refractivity contribution in [2.45, 2.75) is 97.0 Å². The van der Waals surface area contributed by atoms with E-state index in [4.69, 9.17) is 4.74 Å². The van der Waals surface area contributed by atoms with Gasteiger partial charge in [0.2, 0.25) is 5.78 Å². The summed E-state index contributed by atoms with van der Waals surface area (Å²) in [5, 5.41) is 0. The molecule has 0 heterocycles. The quantitative estimate of drug-likeness (QED) is 0.269. The number of rotatable bonds is 10. The first kappa shape index (κ1) is 21.7. The van der Waals surface area contributed by atoms with Gasteiger partial charge >= 0.3 is 5.97 Å². The Balaban J connectivity index is 1.99. The van der Waals surface area contributed by atoms with Gasteiger partial charge in [-0.15, -0.1) is 0 Å². The zero-order valence-corrected chi connectivity index (χ0v) is 17.3. The molecule has 0 bridgehead atoms. The Labute approximate surface area is 164 Å². The van der Waals surface area contributed by atoms with Crippen molar-refractivity contribution in [2.24, 2.45) is 5.92 Å². The van der Waals surface area contributed by atoms with Gasteiger partial charge in [0.05, 0.1) is 0 Å². The van der Waals surface area contributed by atoms with Crippen LogP contribution in [0.2, 0.25) is 0 Å². The fourth-order valence-corrected chi connectivity index (χ4v) is 4.30. The van der Waals surface area contributed by atoms with E-state index in [-0.39, 0.29) is 11.8 Å². The molecular formula is C24H36O3. The molecule has 1 aromatic carbocycles. The molecule has 1 unspecified atom stereocenters. The molecule has 1 atom stereocenters. The third kappa shape index (κ3) is 6.48. The van der Waals surface area contributed by atoms with Crippen LogP contribution in [-0.2, 0) is 9.53 Å². The van der Waals surface area contributed by atoms with Crippen LogP contribution < -0.4 is 0 Å². The lowest BCUT2D eigenvalue weighted by Crippen LogP contribution is -2.26. The molecule has 3 heteroatoms. The van der Waals surface area contributed by atoms with Crippen molar-refractivity contribution in [1.29, 1.82) is 0 Å². The van der Waals surface area contributed by atoms with Crippen molar-refractivity contribution in [1.82, 2.24) is 0 Å². The van der Waals surface area contributed by atoms with Gasteiger partial charge in [0.1, 0.15) is 0 Å². The molecule has 0 radical (unpaired) electrons. The Hall–Kier alpha value is -1.64. The molecule has 0 aromatic heterocycles. The summed E-state index contributed by atoms with van der Waals surface area (Å²) in [6.07, 6.45) is 9.98. The second kappa shape index (κ2) is 11.3. The number of unbranched alkanes of at least 4 members (excludes halogenated alkanes) is 2. The van der Waals surface area contributed by atoms with Crippen LogP contribution in [0.3, 0.4) is 0 Å². The SMILES string of the molecule is CCCCCC(=O)OC(C)C(=O)c1ccccc1C1CCC(CCC)CC1. The first-order valence-electron chi connectivity index (χ1n) is 10.9. The van der Waals surface area contributed by atoms with E-state index >= 15 is 0 Å². The maximum Gasteiger partial charge on any atom is 0.306 e. The Morgan fingerprint density at radius 1 is 1.04 bits per heavy atom. The van der Waals surface area contributed by atoms with E-state index in [1.807, 2.05) is 18.2 Å². The van der Waals surface area contributed by atoms with Gasteiger partial charge in [0.25, 0.3) is 0 Å². The minimum absolute atomic E-state index is 0.0647. The van der Waals surface area contributed by atoms with Gasteiger partial charge in [-0.1, -0.05) is 63.8 Å². The van der Waals surface area contributed by atoms with Crippen LogP contribution in [0.1, 0.15) is 107 Å². The van der Waals surface area contributed by atoms with Crippen LogP contribution >= 0.6 is 0 Å². The summed E-state index contributed by atoms with van der Waals surface area (Å²) in [6.45, 7) is 6.06. The summed E-state index contributed by atoms with van der Waals surface area (Å²) < 4.78 is 5.42. The van der Waals surface area contributed by atoms with Gasteiger partial charge < -0.3 is 4.74 Å². The zero-order valence-electron chi connectivity index (χ0n) is 17.3. The van der Waals surface area contributed by atoms with Crippen molar-refractivity contribution in [3.63, 3.8) is 0 Å². The average molecular weight is 373 g/mol. The first-order chi connectivity index (χ1) is 13.1. The molecule has 3 nitrogen and oxygen atoms in total. The molecule has 1 saturated carbocycles. The lowest BCUT2D eigenvalue weighted by molar-refractivity contribution is -0.146. The summed E-state index contributed by atoms with van der Waals surface area (Å²) in [4.78, 5) is 24.9. The van der Waals surface area contributed by atoms with Gasteiger partial charge in [-0.25, -0.2) is 0 Å². The highest BCUT2D eigenvalue weighted by atomic mass is 16.5. The maximum absolute atomic E-state index is 13.0. The molecule has 0 amide bonds. The number of hydrogen-bond donors (Lipinski definition) is 0. The van der Waals surface area contributed by atoms with Crippen LogP contribution in [0.25, 0.3) is 0 Å². The Bertz CT molecular complexity index is 599. The van der Waals surface area contributed by atoms with E-state index in [2.05, 4.69) is 19.9 Å². The molecule has 1 fully saturated rings. The Morgan fingerprint density at radius 3 is 2.41 bits per heavy atom. The second-order valence-corrected chi connectivity index (χ2v) is 8.05. The van der Waals surface area contributed by atoms with Crippen LogP contribution in [0.5, 0.6) is 0 Å². The molecule has 0 saturated heterocycles. The second-order valence-electron chi connectivity index (χ2n) is 8.05. The number of carbonyl (C=O) groups is 2. The minimum atomic E-state index is -0.711. The van der Waals surface area contributed by atoms with Gasteiger partial charge in [0, 0.05) is 12.0 Å². The van der Waals surface area contributed by atoms with Crippen molar-refractivity contribution >= 4 is 11.8 Å². The predicted octanol–water partition coefficient (Wildman–Crippen LogP) is 6.46. The topological polar surface area (TPSA) is 43.4 Å². The van der Waals surface area contributed by atoms with E-state index in [9.17, 15) is 9.59 Å². The van der Waals surface area contributed by atoms with E-state index in [0.717, 1.165) is 49.1 Å². The zero-order chi connectivity index (χ0) is 19.6. The van der Waals surface area contributed by atoms with E-state index in [1.165, 1.54) is 25.7 Å². The molecule has 0 spiro atoms. The summed E-state index contributed by atoms with van der Waals surface area (Å²) in [7, 11) is 0. The number of hydrogen-bond acceptors (Lipinski definition) is 3. The summed E-state index contributed by atoms with van der Waals surface area (Å²) in [6, 6.07) is 7.92. The van der Waals surface area contributed by atoms with Crippen LogP contribution in [0, 0.1) is 5.92 Å². The van der Waals surface area contributed by atoms with Crippen molar-refractivity contribution in [2.75, 3.05) is 0 Å². The lowest BCUT2D eigenvalue weighted by Gasteiger charge is -2.30. The Kier molecular flexibility index (Phi) is 9.03. The molecule has 27 heavy (non-hydrogen) atoms. The highest BCUT2D eigenvalue weighted by molar-refractivity contribution is 6.01. The average Bonchev–Trinajstić information content (AvgIpc) is 2.68. The summed E-state index contributed by atoms with van der Waals surface area (Å²) in [5.74, 6) is 0.967. The fourth-order valence-electron chi connectivity index (χ4n) is 4.30. The molecular weight excluding hydrogens is 336 g/mol. The highest BCUT2D eigenvalue weighted by Gasteiger charge is 2.27. The van der Waals surface area contributed by atoms with Crippen molar-refractivity contribution < 1.29 is 14.3 Å². The minimum Gasteiger partial charge on any atom is -0.454 e. The highest BCUT2D eigenvalue weighted by Crippen LogP contribution is 2.38.